The summed E-state index contributed by atoms with van der Waals surface area (Å²) < 4.78 is 20.2. The third-order valence-corrected chi connectivity index (χ3v) is 3.55. The Morgan fingerprint density at radius 3 is 2.57 bits per heavy atom. The highest BCUT2D eigenvalue weighted by molar-refractivity contribution is 9.10. The van der Waals surface area contributed by atoms with Gasteiger partial charge in [0.05, 0.1) is 6.10 Å². The Kier molecular flexibility index (Phi) is 5.23. The first kappa shape index (κ1) is 15.8. The predicted octanol–water partition coefficient (Wildman–Crippen LogP) is 5.30. The molecule has 0 aromatic heterocycles. The van der Waals surface area contributed by atoms with Gasteiger partial charge in [0.1, 0.15) is 11.6 Å². The maximum atomic E-state index is 13.8. The minimum Gasteiger partial charge on any atom is -0.491 e. The summed E-state index contributed by atoms with van der Waals surface area (Å²) in [5.41, 5.74) is 2.69. The van der Waals surface area contributed by atoms with Gasteiger partial charge >= 0.3 is 0 Å². The standard InChI is InChI=1S/C17H19BrFNO/c1-11(2)21-15-6-7-17(12(3)8-15)20-10-13-4-5-14(18)9-16(13)19/h4-9,11,20H,10H2,1-3H3. The summed E-state index contributed by atoms with van der Waals surface area (Å²) in [6.07, 6.45) is 0.153. The van der Waals surface area contributed by atoms with Gasteiger partial charge in [0, 0.05) is 22.3 Å². The highest BCUT2D eigenvalue weighted by atomic mass is 79.9. The zero-order chi connectivity index (χ0) is 15.4. The van der Waals surface area contributed by atoms with Gasteiger partial charge in [-0.25, -0.2) is 4.39 Å². The summed E-state index contributed by atoms with van der Waals surface area (Å²) >= 11 is 3.26. The Morgan fingerprint density at radius 1 is 1.19 bits per heavy atom. The average molecular weight is 352 g/mol. The van der Waals surface area contributed by atoms with E-state index in [0.29, 0.717) is 12.1 Å². The van der Waals surface area contributed by atoms with Crippen LogP contribution in [0.25, 0.3) is 0 Å². The van der Waals surface area contributed by atoms with Gasteiger partial charge in [-0.05, 0) is 56.7 Å². The number of nitrogens with one attached hydrogen (secondary N) is 1. The minimum atomic E-state index is -0.214. The molecule has 0 aliphatic heterocycles. The van der Waals surface area contributed by atoms with Gasteiger partial charge in [0.15, 0.2) is 0 Å². The van der Waals surface area contributed by atoms with Crippen LogP contribution in [0.4, 0.5) is 10.1 Å². The number of rotatable bonds is 5. The highest BCUT2D eigenvalue weighted by Crippen LogP contribution is 2.23. The van der Waals surface area contributed by atoms with E-state index in [1.54, 1.807) is 6.07 Å². The van der Waals surface area contributed by atoms with Crippen molar-refractivity contribution in [2.45, 2.75) is 33.4 Å². The second kappa shape index (κ2) is 6.94. The van der Waals surface area contributed by atoms with Crippen molar-refractivity contribution in [2.24, 2.45) is 0 Å². The summed E-state index contributed by atoms with van der Waals surface area (Å²) in [4.78, 5) is 0. The molecule has 0 saturated carbocycles. The Balaban J connectivity index is 2.06. The first-order valence-corrected chi connectivity index (χ1v) is 7.70. The molecule has 0 heterocycles. The molecule has 0 aliphatic carbocycles. The molecule has 2 aromatic rings. The lowest BCUT2D eigenvalue weighted by molar-refractivity contribution is 0.242. The number of ether oxygens (including phenoxy) is 1. The molecule has 0 atom stereocenters. The summed E-state index contributed by atoms with van der Waals surface area (Å²) in [7, 11) is 0. The number of anilines is 1. The first-order chi connectivity index (χ1) is 9.95. The lowest BCUT2D eigenvalue weighted by Gasteiger charge is -2.14. The van der Waals surface area contributed by atoms with E-state index in [-0.39, 0.29) is 11.9 Å². The number of aryl methyl sites for hydroxylation is 1. The van der Waals surface area contributed by atoms with Gasteiger partial charge in [-0.3, -0.25) is 0 Å². The van der Waals surface area contributed by atoms with Gasteiger partial charge in [0.2, 0.25) is 0 Å². The maximum Gasteiger partial charge on any atom is 0.129 e. The molecule has 0 radical (unpaired) electrons. The van der Waals surface area contributed by atoms with Gasteiger partial charge < -0.3 is 10.1 Å². The third-order valence-electron chi connectivity index (χ3n) is 3.05. The van der Waals surface area contributed by atoms with Crippen molar-refractivity contribution < 1.29 is 9.13 Å². The summed E-state index contributed by atoms with van der Waals surface area (Å²) in [5, 5.41) is 3.26. The van der Waals surface area contributed by atoms with Crippen molar-refractivity contribution in [2.75, 3.05) is 5.32 Å². The van der Waals surface area contributed by atoms with Crippen LogP contribution in [-0.4, -0.2) is 6.10 Å². The van der Waals surface area contributed by atoms with Gasteiger partial charge in [-0.1, -0.05) is 22.0 Å². The molecule has 0 fully saturated rings. The second-order valence-corrected chi connectivity index (χ2v) is 6.15. The minimum absolute atomic E-state index is 0.153. The van der Waals surface area contributed by atoms with Crippen LogP contribution < -0.4 is 10.1 Å². The van der Waals surface area contributed by atoms with Crippen LogP contribution in [0.15, 0.2) is 40.9 Å². The summed E-state index contributed by atoms with van der Waals surface area (Å²) in [6.45, 7) is 6.45. The smallest absolute Gasteiger partial charge is 0.129 e. The van der Waals surface area contributed by atoms with Gasteiger partial charge in [-0.15, -0.1) is 0 Å². The number of halogens is 2. The normalized spacial score (nSPS) is 10.8. The number of hydrogen-bond donors (Lipinski definition) is 1. The van der Waals surface area contributed by atoms with Crippen LogP contribution in [0.5, 0.6) is 5.75 Å². The largest absolute Gasteiger partial charge is 0.491 e. The van der Waals surface area contributed by atoms with E-state index in [1.165, 1.54) is 6.07 Å². The molecule has 0 saturated heterocycles. The summed E-state index contributed by atoms with van der Waals surface area (Å²) in [5.74, 6) is 0.636. The maximum absolute atomic E-state index is 13.8. The van der Waals surface area contributed by atoms with E-state index < -0.39 is 0 Å². The first-order valence-electron chi connectivity index (χ1n) is 6.91. The van der Waals surface area contributed by atoms with Crippen LogP contribution in [0.3, 0.4) is 0 Å². The molecule has 21 heavy (non-hydrogen) atoms. The molecule has 0 aliphatic rings. The molecule has 2 aromatic carbocycles. The predicted molar refractivity (Wildman–Crippen MR) is 88.4 cm³/mol. The molecule has 0 spiro atoms. The Hall–Kier alpha value is -1.55. The fourth-order valence-electron chi connectivity index (χ4n) is 2.04. The van der Waals surface area contributed by atoms with Crippen LogP contribution in [0.1, 0.15) is 25.0 Å². The van der Waals surface area contributed by atoms with Crippen molar-refractivity contribution in [3.63, 3.8) is 0 Å². The lowest BCUT2D eigenvalue weighted by atomic mass is 10.1. The molecule has 1 N–H and O–H groups in total. The SMILES string of the molecule is Cc1cc(OC(C)C)ccc1NCc1ccc(Br)cc1F. The highest BCUT2D eigenvalue weighted by Gasteiger charge is 2.05. The van der Waals surface area contributed by atoms with E-state index in [9.17, 15) is 4.39 Å². The van der Waals surface area contributed by atoms with E-state index in [0.717, 1.165) is 21.5 Å². The molecule has 2 rings (SSSR count). The fourth-order valence-corrected chi connectivity index (χ4v) is 2.37. The van der Waals surface area contributed by atoms with E-state index in [2.05, 4.69) is 21.2 Å². The van der Waals surface area contributed by atoms with E-state index in [4.69, 9.17) is 4.74 Å². The molecule has 0 bridgehead atoms. The van der Waals surface area contributed by atoms with Crippen LogP contribution in [0.2, 0.25) is 0 Å². The van der Waals surface area contributed by atoms with Crippen molar-refractivity contribution in [1.82, 2.24) is 0 Å². The zero-order valence-corrected chi connectivity index (χ0v) is 14.0. The molecule has 2 nitrogen and oxygen atoms in total. The monoisotopic (exact) mass is 351 g/mol. The van der Waals surface area contributed by atoms with Gasteiger partial charge in [-0.2, -0.15) is 0 Å². The van der Waals surface area contributed by atoms with Crippen LogP contribution >= 0.6 is 15.9 Å². The number of benzene rings is 2. The Morgan fingerprint density at radius 2 is 1.95 bits per heavy atom. The third kappa shape index (κ3) is 4.46. The topological polar surface area (TPSA) is 21.3 Å². The fraction of sp³-hybridized carbons (Fsp3) is 0.294. The molecule has 4 heteroatoms. The average Bonchev–Trinajstić information content (AvgIpc) is 2.39. The van der Waals surface area contributed by atoms with Crippen molar-refractivity contribution in [3.05, 3.63) is 57.8 Å². The molecule has 0 unspecified atom stereocenters. The molecule has 0 amide bonds. The van der Waals surface area contributed by atoms with Crippen molar-refractivity contribution in [3.8, 4) is 5.75 Å². The van der Waals surface area contributed by atoms with E-state index >= 15 is 0 Å². The van der Waals surface area contributed by atoms with Crippen molar-refractivity contribution in [1.29, 1.82) is 0 Å². The van der Waals surface area contributed by atoms with Crippen LogP contribution in [-0.2, 0) is 6.54 Å². The van der Waals surface area contributed by atoms with Crippen LogP contribution in [0, 0.1) is 12.7 Å². The molecule has 112 valence electrons. The Bertz CT molecular complexity index is 628. The zero-order valence-electron chi connectivity index (χ0n) is 12.4. The Labute approximate surface area is 133 Å². The molecular formula is C17H19BrFNO. The van der Waals surface area contributed by atoms with E-state index in [1.807, 2.05) is 45.0 Å². The number of hydrogen-bond acceptors (Lipinski definition) is 2. The van der Waals surface area contributed by atoms with Gasteiger partial charge in [0.25, 0.3) is 0 Å². The lowest BCUT2D eigenvalue weighted by Crippen LogP contribution is -2.07. The molecular weight excluding hydrogens is 333 g/mol. The summed E-state index contributed by atoms with van der Waals surface area (Å²) in [6, 6.07) is 11.0. The van der Waals surface area contributed by atoms with Crippen molar-refractivity contribution >= 4 is 21.6 Å². The second-order valence-electron chi connectivity index (χ2n) is 5.23. The quantitative estimate of drug-likeness (QED) is 0.789.